The number of benzene rings is 1. The minimum absolute atomic E-state index is 0.119. The molecular weight excluding hydrogens is 261 g/mol. The Kier molecular flexibility index (Phi) is 4.04. The van der Waals surface area contributed by atoms with E-state index in [0.717, 1.165) is 24.9 Å². The summed E-state index contributed by atoms with van der Waals surface area (Å²) in [5, 5.41) is 0. The van der Waals surface area contributed by atoms with E-state index in [0.29, 0.717) is 11.5 Å². The van der Waals surface area contributed by atoms with Crippen molar-refractivity contribution < 1.29 is 4.39 Å². The zero-order chi connectivity index (χ0) is 14.0. The van der Waals surface area contributed by atoms with Gasteiger partial charge in [-0.1, -0.05) is 19.9 Å². The highest BCUT2D eigenvalue weighted by Crippen LogP contribution is 2.34. The highest BCUT2D eigenvalue weighted by molar-refractivity contribution is 8.00. The van der Waals surface area contributed by atoms with E-state index in [-0.39, 0.29) is 10.6 Å². The predicted octanol–water partition coefficient (Wildman–Crippen LogP) is 3.68. The Morgan fingerprint density at radius 1 is 1.37 bits per heavy atom. The zero-order valence-electron chi connectivity index (χ0n) is 11.6. The van der Waals surface area contributed by atoms with E-state index in [9.17, 15) is 4.39 Å². The molecule has 1 aromatic heterocycles. The molecule has 3 nitrogen and oxygen atoms in total. The van der Waals surface area contributed by atoms with Crippen LogP contribution in [0, 0.1) is 5.82 Å². The van der Waals surface area contributed by atoms with Crippen molar-refractivity contribution in [1.29, 1.82) is 0 Å². The first-order valence-electron chi connectivity index (χ1n) is 6.52. The summed E-state index contributed by atoms with van der Waals surface area (Å²) >= 11 is 1.84. The van der Waals surface area contributed by atoms with Gasteiger partial charge in [0.15, 0.2) is 5.82 Å². The number of nitrogens with two attached hydrogens (primary N) is 1. The minimum Gasteiger partial charge on any atom is -0.369 e. The van der Waals surface area contributed by atoms with Crippen molar-refractivity contribution >= 4 is 28.7 Å². The fraction of sp³-hybridized carbons (Fsp3) is 0.500. The molecule has 0 spiro atoms. The summed E-state index contributed by atoms with van der Waals surface area (Å²) in [7, 11) is 0. The first kappa shape index (κ1) is 14.2. The molecule has 0 amide bonds. The number of hydrogen-bond acceptors (Lipinski definition) is 3. The molecule has 2 aromatic rings. The highest BCUT2D eigenvalue weighted by Gasteiger charge is 2.27. The molecule has 0 saturated carbocycles. The standard InChI is InChI=1S/C14H20FN3S/c1-4-14(5-2,19-3)9-18-11-8-6-7-10(15)12(11)17-13(18)16/h6-8H,4-5,9H2,1-3H3,(H2,16,17). The van der Waals surface area contributed by atoms with Gasteiger partial charge in [0.05, 0.1) is 5.52 Å². The average Bonchev–Trinajstić information content (AvgIpc) is 2.74. The van der Waals surface area contributed by atoms with Crippen LogP contribution in [0.3, 0.4) is 0 Å². The number of imidazole rings is 1. The normalized spacial score (nSPS) is 12.2. The van der Waals surface area contributed by atoms with Crippen LogP contribution < -0.4 is 5.73 Å². The number of rotatable bonds is 5. The van der Waals surface area contributed by atoms with E-state index in [1.807, 2.05) is 22.4 Å². The second-order valence-electron chi connectivity index (χ2n) is 4.76. The zero-order valence-corrected chi connectivity index (χ0v) is 12.4. The molecule has 2 N–H and O–H groups in total. The van der Waals surface area contributed by atoms with Crippen molar-refractivity contribution in [2.75, 3.05) is 12.0 Å². The van der Waals surface area contributed by atoms with Crippen molar-refractivity contribution in [3.8, 4) is 0 Å². The summed E-state index contributed by atoms with van der Waals surface area (Å²) in [5.74, 6) is 0.0751. The van der Waals surface area contributed by atoms with Gasteiger partial charge in [-0.3, -0.25) is 0 Å². The molecule has 2 rings (SSSR count). The monoisotopic (exact) mass is 281 g/mol. The van der Waals surface area contributed by atoms with Crippen LogP contribution in [0.5, 0.6) is 0 Å². The fourth-order valence-electron chi connectivity index (χ4n) is 2.41. The van der Waals surface area contributed by atoms with Crippen molar-refractivity contribution in [2.45, 2.75) is 38.0 Å². The van der Waals surface area contributed by atoms with Crippen molar-refractivity contribution in [3.63, 3.8) is 0 Å². The molecule has 0 aliphatic rings. The Morgan fingerprint density at radius 3 is 2.63 bits per heavy atom. The van der Waals surface area contributed by atoms with E-state index >= 15 is 0 Å². The van der Waals surface area contributed by atoms with Crippen LogP contribution >= 0.6 is 11.8 Å². The molecule has 0 unspecified atom stereocenters. The van der Waals surface area contributed by atoms with Crippen LogP contribution in [0.2, 0.25) is 0 Å². The third kappa shape index (κ3) is 2.43. The number of thioether (sulfide) groups is 1. The Hall–Kier alpha value is -1.23. The summed E-state index contributed by atoms with van der Waals surface area (Å²) < 4.78 is 15.8. The maximum Gasteiger partial charge on any atom is 0.201 e. The highest BCUT2D eigenvalue weighted by atomic mass is 32.2. The van der Waals surface area contributed by atoms with E-state index in [1.54, 1.807) is 6.07 Å². The molecule has 1 heterocycles. The Balaban J connectivity index is 2.51. The maximum absolute atomic E-state index is 13.7. The summed E-state index contributed by atoms with van der Waals surface area (Å²) in [6.07, 6.45) is 4.20. The fourth-order valence-corrected chi connectivity index (χ4v) is 3.25. The van der Waals surface area contributed by atoms with Crippen LogP contribution in [0.15, 0.2) is 18.2 Å². The molecule has 5 heteroatoms. The lowest BCUT2D eigenvalue weighted by molar-refractivity contribution is 0.476. The predicted molar refractivity (Wildman–Crippen MR) is 80.9 cm³/mol. The van der Waals surface area contributed by atoms with Crippen molar-refractivity contribution in [3.05, 3.63) is 24.0 Å². The van der Waals surface area contributed by atoms with E-state index < -0.39 is 0 Å². The molecule has 104 valence electrons. The number of fused-ring (bicyclic) bond motifs is 1. The summed E-state index contributed by atoms with van der Waals surface area (Å²) in [6.45, 7) is 5.11. The van der Waals surface area contributed by atoms with Gasteiger partial charge in [0.25, 0.3) is 0 Å². The topological polar surface area (TPSA) is 43.8 Å². The molecule has 19 heavy (non-hydrogen) atoms. The second-order valence-corrected chi connectivity index (χ2v) is 6.03. The molecule has 0 fully saturated rings. The average molecular weight is 281 g/mol. The van der Waals surface area contributed by atoms with Gasteiger partial charge in [-0.25, -0.2) is 9.37 Å². The molecule has 0 radical (unpaired) electrons. The van der Waals surface area contributed by atoms with Gasteiger partial charge in [0.1, 0.15) is 5.52 Å². The third-order valence-corrected chi connectivity index (χ3v) is 5.50. The van der Waals surface area contributed by atoms with Crippen LogP contribution in [0.4, 0.5) is 10.3 Å². The Morgan fingerprint density at radius 2 is 2.05 bits per heavy atom. The quantitative estimate of drug-likeness (QED) is 0.909. The van der Waals surface area contributed by atoms with Gasteiger partial charge in [-0.15, -0.1) is 0 Å². The van der Waals surface area contributed by atoms with Crippen LogP contribution in [0.25, 0.3) is 11.0 Å². The van der Waals surface area contributed by atoms with Crippen LogP contribution in [-0.4, -0.2) is 20.6 Å². The lowest BCUT2D eigenvalue weighted by Gasteiger charge is -2.30. The van der Waals surface area contributed by atoms with Crippen LogP contribution in [-0.2, 0) is 6.54 Å². The molecule has 0 atom stereocenters. The second kappa shape index (κ2) is 5.41. The van der Waals surface area contributed by atoms with Crippen LogP contribution in [0.1, 0.15) is 26.7 Å². The maximum atomic E-state index is 13.7. The first-order valence-corrected chi connectivity index (χ1v) is 7.74. The van der Waals surface area contributed by atoms with Crippen molar-refractivity contribution in [1.82, 2.24) is 9.55 Å². The lowest BCUT2D eigenvalue weighted by atomic mass is 10.0. The number of halogens is 1. The Bertz CT molecular complexity index is 567. The number of aromatic nitrogens is 2. The van der Waals surface area contributed by atoms with Gasteiger partial charge in [0, 0.05) is 11.3 Å². The van der Waals surface area contributed by atoms with Gasteiger partial charge < -0.3 is 10.3 Å². The smallest absolute Gasteiger partial charge is 0.201 e. The number of nitrogen functional groups attached to an aromatic ring is 1. The summed E-state index contributed by atoms with van der Waals surface area (Å²) in [4.78, 5) is 4.16. The molecule has 0 aliphatic carbocycles. The van der Waals surface area contributed by atoms with Gasteiger partial charge in [-0.2, -0.15) is 11.8 Å². The van der Waals surface area contributed by atoms with E-state index in [4.69, 9.17) is 5.73 Å². The van der Waals surface area contributed by atoms with Crippen molar-refractivity contribution in [2.24, 2.45) is 0 Å². The molecule has 0 saturated heterocycles. The summed E-state index contributed by atoms with van der Waals surface area (Å²) in [5.41, 5.74) is 7.11. The number of anilines is 1. The molecule has 1 aromatic carbocycles. The Labute approximate surface area is 117 Å². The first-order chi connectivity index (χ1) is 9.06. The third-order valence-electron chi connectivity index (χ3n) is 3.93. The number of nitrogens with zero attached hydrogens (tertiary/aromatic N) is 2. The van der Waals surface area contributed by atoms with Gasteiger partial charge in [0.2, 0.25) is 5.95 Å². The minimum atomic E-state index is -0.314. The largest absolute Gasteiger partial charge is 0.369 e. The SMILES string of the molecule is CCC(CC)(Cn1c(N)nc2c(F)cccc21)SC. The molecule has 0 bridgehead atoms. The number of hydrogen-bond donors (Lipinski definition) is 1. The number of para-hydroxylation sites is 1. The van der Waals surface area contributed by atoms with E-state index in [1.165, 1.54) is 6.07 Å². The lowest BCUT2D eigenvalue weighted by Crippen LogP contribution is -2.29. The van der Waals surface area contributed by atoms with E-state index in [2.05, 4.69) is 25.1 Å². The summed E-state index contributed by atoms with van der Waals surface area (Å²) in [6, 6.07) is 4.99. The molecular formula is C14H20FN3S. The molecule has 0 aliphatic heterocycles. The van der Waals surface area contributed by atoms with Gasteiger partial charge >= 0.3 is 0 Å². The van der Waals surface area contributed by atoms with Gasteiger partial charge in [-0.05, 0) is 31.2 Å².